The molecule has 0 spiro atoms. The van der Waals surface area contributed by atoms with Gasteiger partial charge in [-0.15, -0.1) is 0 Å². The second-order valence-electron chi connectivity index (χ2n) is 6.10. The van der Waals surface area contributed by atoms with Crippen molar-refractivity contribution in [3.8, 4) is 11.1 Å². The van der Waals surface area contributed by atoms with Crippen LogP contribution in [0.1, 0.15) is 19.3 Å². The predicted molar refractivity (Wildman–Crippen MR) is 101 cm³/mol. The molecule has 0 N–H and O–H groups in total. The number of rotatable bonds is 2. The maximum absolute atomic E-state index is 6.21. The van der Waals surface area contributed by atoms with Gasteiger partial charge in [0.2, 0.25) is 0 Å². The first-order chi connectivity index (χ1) is 11.7. The van der Waals surface area contributed by atoms with Gasteiger partial charge < -0.3 is 4.90 Å². The van der Waals surface area contributed by atoms with E-state index in [4.69, 9.17) is 23.2 Å². The van der Waals surface area contributed by atoms with Crippen LogP contribution in [0.4, 0.5) is 5.82 Å². The van der Waals surface area contributed by atoms with Crippen molar-refractivity contribution < 1.29 is 0 Å². The molecule has 1 aromatic heterocycles. The standard InChI is InChI=1S/C19H17Cl2N3/c20-14-9-13(10-15(21)11-14)16-5-4-6-17-18(16)19(23-12-22-17)24-7-2-1-3-8-24/h4-6,9-12H,1-3,7-8H2. The van der Waals surface area contributed by atoms with E-state index in [0.717, 1.165) is 40.9 Å². The average Bonchev–Trinajstić information content (AvgIpc) is 2.60. The van der Waals surface area contributed by atoms with E-state index in [9.17, 15) is 0 Å². The van der Waals surface area contributed by atoms with Gasteiger partial charge in [-0.05, 0) is 54.7 Å². The Morgan fingerprint density at radius 1 is 0.875 bits per heavy atom. The zero-order valence-corrected chi connectivity index (χ0v) is 14.7. The highest BCUT2D eigenvalue weighted by atomic mass is 35.5. The third-order valence-electron chi connectivity index (χ3n) is 4.47. The van der Waals surface area contributed by atoms with Crippen molar-refractivity contribution in [2.75, 3.05) is 18.0 Å². The lowest BCUT2D eigenvalue weighted by Gasteiger charge is -2.29. The van der Waals surface area contributed by atoms with E-state index in [0.29, 0.717) is 10.0 Å². The van der Waals surface area contributed by atoms with Gasteiger partial charge in [-0.2, -0.15) is 0 Å². The first kappa shape index (κ1) is 15.7. The van der Waals surface area contributed by atoms with Crippen LogP contribution in [-0.4, -0.2) is 23.1 Å². The SMILES string of the molecule is Clc1cc(Cl)cc(-c2cccc3ncnc(N4CCCCC4)c23)c1. The third kappa shape index (κ3) is 2.94. The van der Waals surface area contributed by atoms with E-state index in [1.807, 2.05) is 24.3 Å². The van der Waals surface area contributed by atoms with Crippen LogP contribution < -0.4 is 4.90 Å². The molecule has 1 fully saturated rings. The molecule has 4 rings (SSSR count). The van der Waals surface area contributed by atoms with Gasteiger partial charge in [0.25, 0.3) is 0 Å². The first-order valence-corrected chi connectivity index (χ1v) is 8.93. The molecule has 1 aliphatic heterocycles. The molecular formula is C19H17Cl2N3. The van der Waals surface area contributed by atoms with Gasteiger partial charge in [-0.25, -0.2) is 9.97 Å². The van der Waals surface area contributed by atoms with E-state index < -0.39 is 0 Å². The zero-order valence-electron chi connectivity index (χ0n) is 13.2. The zero-order chi connectivity index (χ0) is 16.5. The number of anilines is 1. The number of benzene rings is 2. The van der Waals surface area contributed by atoms with Crippen LogP contribution in [0.5, 0.6) is 0 Å². The Morgan fingerprint density at radius 3 is 2.38 bits per heavy atom. The maximum Gasteiger partial charge on any atom is 0.140 e. The highest BCUT2D eigenvalue weighted by Crippen LogP contribution is 2.36. The van der Waals surface area contributed by atoms with Gasteiger partial charge in [0, 0.05) is 23.1 Å². The van der Waals surface area contributed by atoms with Gasteiger partial charge in [0.05, 0.1) is 10.9 Å². The molecule has 0 saturated carbocycles. The van der Waals surface area contributed by atoms with Crippen LogP contribution >= 0.6 is 23.2 Å². The molecule has 0 radical (unpaired) electrons. The molecule has 0 amide bonds. The molecule has 5 heteroatoms. The fourth-order valence-corrected chi connectivity index (χ4v) is 3.91. The Bertz CT molecular complexity index is 863. The van der Waals surface area contributed by atoms with Crippen LogP contribution in [0.2, 0.25) is 10.0 Å². The molecule has 122 valence electrons. The van der Waals surface area contributed by atoms with Crippen molar-refractivity contribution in [2.24, 2.45) is 0 Å². The Balaban J connectivity index is 1.95. The number of fused-ring (bicyclic) bond motifs is 1. The van der Waals surface area contributed by atoms with Gasteiger partial charge in [-0.1, -0.05) is 35.3 Å². The van der Waals surface area contributed by atoms with Crippen molar-refractivity contribution in [2.45, 2.75) is 19.3 Å². The van der Waals surface area contributed by atoms with Crippen LogP contribution in [0.25, 0.3) is 22.0 Å². The topological polar surface area (TPSA) is 29.0 Å². The molecule has 0 bridgehead atoms. The molecule has 0 atom stereocenters. The van der Waals surface area contributed by atoms with E-state index >= 15 is 0 Å². The Labute approximate surface area is 151 Å². The molecule has 1 aliphatic rings. The Hall–Kier alpha value is -1.84. The molecule has 0 unspecified atom stereocenters. The summed E-state index contributed by atoms with van der Waals surface area (Å²) >= 11 is 12.4. The Morgan fingerprint density at radius 2 is 1.62 bits per heavy atom. The normalized spacial score (nSPS) is 15.0. The molecule has 3 aromatic rings. The largest absolute Gasteiger partial charge is 0.356 e. The van der Waals surface area contributed by atoms with Crippen molar-refractivity contribution in [3.63, 3.8) is 0 Å². The van der Waals surface area contributed by atoms with Gasteiger partial charge in [0.1, 0.15) is 12.1 Å². The molecule has 2 aromatic carbocycles. The summed E-state index contributed by atoms with van der Waals surface area (Å²) in [5.74, 6) is 1.01. The maximum atomic E-state index is 6.21. The summed E-state index contributed by atoms with van der Waals surface area (Å²) in [6.07, 6.45) is 5.35. The van der Waals surface area contributed by atoms with Crippen LogP contribution in [-0.2, 0) is 0 Å². The summed E-state index contributed by atoms with van der Waals surface area (Å²) in [6.45, 7) is 2.08. The number of hydrogen-bond donors (Lipinski definition) is 0. The minimum atomic E-state index is 0.630. The van der Waals surface area contributed by atoms with E-state index in [1.54, 1.807) is 12.4 Å². The van der Waals surface area contributed by atoms with E-state index in [2.05, 4.69) is 20.9 Å². The van der Waals surface area contributed by atoms with Crippen LogP contribution in [0, 0.1) is 0 Å². The number of piperidine rings is 1. The summed E-state index contributed by atoms with van der Waals surface area (Å²) < 4.78 is 0. The van der Waals surface area contributed by atoms with Gasteiger partial charge in [0.15, 0.2) is 0 Å². The average molecular weight is 358 g/mol. The summed E-state index contributed by atoms with van der Waals surface area (Å²) in [5, 5.41) is 2.33. The fraction of sp³-hybridized carbons (Fsp3) is 0.263. The van der Waals surface area contributed by atoms with Crippen molar-refractivity contribution in [1.82, 2.24) is 9.97 Å². The molecule has 24 heavy (non-hydrogen) atoms. The smallest absolute Gasteiger partial charge is 0.140 e. The van der Waals surface area contributed by atoms with Crippen molar-refractivity contribution in [1.29, 1.82) is 0 Å². The lowest BCUT2D eigenvalue weighted by molar-refractivity contribution is 0.574. The van der Waals surface area contributed by atoms with Crippen molar-refractivity contribution >= 4 is 39.9 Å². The molecule has 0 aliphatic carbocycles. The monoisotopic (exact) mass is 357 g/mol. The second-order valence-corrected chi connectivity index (χ2v) is 6.98. The van der Waals surface area contributed by atoms with Gasteiger partial charge >= 0.3 is 0 Å². The number of nitrogens with zero attached hydrogens (tertiary/aromatic N) is 3. The number of aromatic nitrogens is 2. The van der Waals surface area contributed by atoms with E-state index in [-0.39, 0.29) is 0 Å². The lowest BCUT2D eigenvalue weighted by atomic mass is 10.00. The first-order valence-electron chi connectivity index (χ1n) is 8.17. The summed E-state index contributed by atoms with van der Waals surface area (Å²) in [7, 11) is 0. The number of hydrogen-bond acceptors (Lipinski definition) is 3. The minimum Gasteiger partial charge on any atom is -0.356 e. The molecular weight excluding hydrogens is 341 g/mol. The van der Waals surface area contributed by atoms with Crippen LogP contribution in [0.15, 0.2) is 42.7 Å². The third-order valence-corrected chi connectivity index (χ3v) is 4.91. The fourth-order valence-electron chi connectivity index (χ4n) is 3.39. The minimum absolute atomic E-state index is 0.630. The highest BCUT2D eigenvalue weighted by molar-refractivity contribution is 6.35. The summed E-state index contributed by atoms with van der Waals surface area (Å²) in [6, 6.07) is 11.8. The summed E-state index contributed by atoms with van der Waals surface area (Å²) in [4.78, 5) is 11.4. The predicted octanol–water partition coefficient (Wildman–Crippen LogP) is 5.59. The molecule has 1 saturated heterocycles. The lowest BCUT2D eigenvalue weighted by Crippen LogP contribution is -2.30. The molecule has 2 heterocycles. The second kappa shape index (κ2) is 6.58. The van der Waals surface area contributed by atoms with E-state index in [1.165, 1.54) is 19.3 Å². The number of halogens is 2. The highest BCUT2D eigenvalue weighted by Gasteiger charge is 2.18. The Kier molecular flexibility index (Phi) is 4.30. The van der Waals surface area contributed by atoms with Gasteiger partial charge in [-0.3, -0.25) is 0 Å². The summed E-state index contributed by atoms with van der Waals surface area (Å²) in [5.41, 5.74) is 3.00. The van der Waals surface area contributed by atoms with Crippen molar-refractivity contribution in [3.05, 3.63) is 52.8 Å². The molecule has 3 nitrogen and oxygen atoms in total. The quantitative estimate of drug-likeness (QED) is 0.598. The van der Waals surface area contributed by atoms with Crippen LogP contribution in [0.3, 0.4) is 0 Å².